The third-order valence-corrected chi connectivity index (χ3v) is 3.39. The second-order valence-electron chi connectivity index (χ2n) is 4.64. The van der Waals surface area contributed by atoms with E-state index in [2.05, 4.69) is 5.32 Å². The van der Waals surface area contributed by atoms with E-state index in [0.29, 0.717) is 6.42 Å². The summed E-state index contributed by atoms with van der Waals surface area (Å²) in [6, 6.07) is 13.0. The van der Waals surface area contributed by atoms with Gasteiger partial charge in [0.2, 0.25) is 0 Å². The van der Waals surface area contributed by atoms with Gasteiger partial charge in [0, 0.05) is 0 Å². The van der Waals surface area contributed by atoms with Crippen molar-refractivity contribution in [2.75, 3.05) is 6.61 Å². The molecule has 0 bridgehead atoms. The second kappa shape index (κ2) is 7.20. The molecule has 5 heteroatoms. The first kappa shape index (κ1) is 15.5. The van der Waals surface area contributed by atoms with E-state index in [1.165, 1.54) is 18.2 Å². The predicted molar refractivity (Wildman–Crippen MR) is 79.9 cm³/mol. The number of benzene rings is 2. The fourth-order valence-corrected chi connectivity index (χ4v) is 2.28. The third-order valence-electron chi connectivity index (χ3n) is 3.07. The summed E-state index contributed by atoms with van der Waals surface area (Å²) in [4.78, 5) is 12.1. The molecule has 0 unspecified atom stereocenters. The molecule has 0 radical (unpaired) electrons. The van der Waals surface area contributed by atoms with E-state index >= 15 is 0 Å². The van der Waals surface area contributed by atoms with Gasteiger partial charge in [-0.3, -0.25) is 4.79 Å². The number of halogens is 2. The summed E-state index contributed by atoms with van der Waals surface area (Å²) in [5.74, 6) is -1.32. The number of aliphatic hydroxyl groups is 1. The minimum atomic E-state index is -0.684. The number of amides is 1. The largest absolute Gasteiger partial charge is 0.394 e. The lowest BCUT2D eigenvalue weighted by Crippen LogP contribution is -2.39. The number of carbonyl (C=O) groups is 1. The molecule has 1 atom stereocenters. The van der Waals surface area contributed by atoms with Crippen LogP contribution in [0.2, 0.25) is 5.02 Å². The van der Waals surface area contributed by atoms with E-state index in [-0.39, 0.29) is 17.2 Å². The topological polar surface area (TPSA) is 49.3 Å². The van der Waals surface area contributed by atoms with Crippen molar-refractivity contribution in [3.05, 3.63) is 70.5 Å². The maximum Gasteiger partial charge on any atom is 0.256 e. The summed E-state index contributed by atoms with van der Waals surface area (Å²) in [7, 11) is 0. The second-order valence-corrected chi connectivity index (χ2v) is 5.05. The van der Waals surface area contributed by atoms with Gasteiger partial charge in [0.15, 0.2) is 0 Å². The van der Waals surface area contributed by atoms with Crippen LogP contribution in [0.5, 0.6) is 0 Å². The van der Waals surface area contributed by atoms with Crippen LogP contribution in [0.25, 0.3) is 0 Å². The molecule has 2 N–H and O–H groups in total. The van der Waals surface area contributed by atoms with Crippen LogP contribution in [0.15, 0.2) is 48.5 Å². The van der Waals surface area contributed by atoms with E-state index in [1.54, 1.807) is 0 Å². The average molecular weight is 308 g/mol. The van der Waals surface area contributed by atoms with Crippen LogP contribution in [0.4, 0.5) is 4.39 Å². The van der Waals surface area contributed by atoms with Crippen molar-refractivity contribution < 1.29 is 14.3 Å². The standard InChI is InChI=1S/C16H15ClFNO2/c17-13-7-4-8-14(18)15(13)16(21)19-12(10-20)9-11-5-2-1-3-6-11/h1-8,12,20H,9-10H2,(H,19,21)/t12-/m1/s1. The summed E-state index contributed by atoms with van der Waals surface area (Å²) >= 11 is 5.85. The molecule has 2 aromatic rings. The quantitative estimate of drug-likeness (QED) is 0.892. The molecule has 0 fully saturated rings. The Bertz CT molecular complexity index is 599. The Balaban J connectivity index is 2.10. The number of hydrogen-bond acceptors (Lipinski definition) is 2. The number of nitrogens with one attached hydrogen (secondary N) is 1. The van der Waals surface area contributed by atoms with Gasteiger partial charge in [-0.05, 0) is 24.1 Å². The maximum atomic E-state index is 13.7. The zero-order valence-electron chi connectivity index (χ0n) is 11.2. The van der Waals surface area contributed by atoms with Gasteiger partial charge < -0.3 is 10.4 Å². The van der Waals surface area contributed by atoms with Crippen LogP contribution >= 0.6 is 11.6 Å². The van der Waals surface area contributed by atoms with Crippen molar-refractivity contribution in [1.29, 1.82) is 0 Å². The third kappa shape index (κ3) is 4.03. The van der Waals surface area contributed by atoms with Crippen LogP contribution < -0.4 is 5.32 Å². The monoisotopic (exact) mass is 307 g/mol. The summed E-state index contributed by atoms with van der Waals surface area (Å²) < 4.78 is 13.7. The Kier molecular flexibility index (Phi) is 5.31. The first-order chi connectivity index (χ1) is 10.1. The molecule has 0 heterocycles. The Morgan fingerprint density at radius 1 is 1.19 bits per heavy atom. The molecule has 3 nitrogen and oxygen atoms in total. The SMILES string of the molecule is O=C(N[C@@H](CO)Cc1ccccc1)c1c(F)cccc1Cl. The Hall–Kier alpha value is -1.91. The summed E-state index contributed by atoms with van der Waals surface area (Å²) in [5.41, 5.74) is 0.766. The first-order valence-electron chi connectivity index (χ1n) is 6.51. The molecule has 0 aliphatic carbocycles. The lowest BCUT2D eigenvalue weighted by Gasteiger charge is -2.17. The smallest absolute Gasteiger partial charge is 0.256 e. The molecule has 0 saturated carbocycles. The molecular formula is C16H15ClFNO2. The van der Waals surface area contributed by atoms with Crippen LogP contribution in [0.1, 0.15) is 15.9 Å². The van der Waals surface area contributed by atoms with E-state index in [4.69, 9.17) is 11.6 Å². The van der Waals surface area contributed by atoms with E-state index in [0.717, 1.165) is 5.56 Å². The molecule has 0 aliphatic rings. The Morgan fingerprint density at radius 2 is 1.90 bits per heavy atom. The minimum Gasteiger partial charge on any atom is -0.394 e. The molecule has 110 valence electrons. The maximum absolute atomic E-state index is 13.7. The summed E-state index contributed by atoms with van der Waals surface area (Å²) in [6.07, 6.45) is 0.454. The Morgan fingerprint density at radius 3 is 2.52 bits per heavy atom. The molecule has 0 saturated heterocycles. The highest BCUT2D eigenvalue weighted by atomic mass is 35.5. The van der Waals surface area contributed by atoms with E-state index < -0.39 is 17.8 Å². The normalized spacial score (nSPS) is 12.0. The van der Waals surface area contributed by atoms with Crippen molar-refractivity contribution >= 4 is 17.5 Å². The summed E-state index contributed by atoms with van der Waals surface area (Å²) in [5, 5.41) is 12.0. The van der Waals surface area contributed by atoms with Gasteiger partial charge in [-0.15, -0.1) is 0 Å². The van der Waals surface area contributed by atoms with Gasteiger partial charge >= 0.3 is 0 Å². The van der Waals surface area contributed by atoms with E-state index in [1.807, 2.05) is 30.3 Å². The van der Waals surface area contributed by atoms with Crippen LogP contribution in [-0.2, 0) is 6.42 Å². The Labute approximate surface area is 127 Å². The molecule has 0 aliphatic heterocycles. The number of hydrogen-bond donors (Lipinski definition) is 2. The lowest BCUT2D eigenvalue weighted by atomic mass is 10.1. The highest BCUT2D eigenvalue weighted by molar-refractivity contribution is 6.33. The van der Waals surface area contributed by atoms with E-state index in [9.17, 15) is 14.3 Å². The van der Waals surface area contributed by atoms with Gasteiger partial charge in [0.1, 0.15) is 5.82 Å². The average Bonchev–Trinajstić information content (AvgIpc) is 2.47. The van der Waals surface area contributed by atoms with Gasteiger partial charge in [-0.25, -0.2) is 4.39 Å². The van der Waals surface area contributed by atoms with Crippen LogP contribution in [0.3, 0.4) is 0 Å². The first-order valence-corrected chi connectivity index (χ1v) is 6.89. The van der Waals surface area contributed by atoms with Crippen molar-refractivity contribution in [3.8, 4) is 0 Å². The van der Waals surface area contributed by atoms with Gasteiger partial charge in [-0.1, -0.05) is 48.0 Å². The van der Waals surface area contributed by atoms with Crippen LogP contribution in [0, 0.1) is 5.82 Å². The van der Waals surface area contributed by atoms with Gasteiger partial charge in [0.25, 0.3) is 5.91 Å². The van der Waals surface area contributed by atoms with Gasteiger partial charge in [-0.2, -0.15) is 0 Å². The molecule has 2 aromatic carbocycles. The molecule has 1 amide bonds. The summed E-state index contributed by atoms with van der Waals surface area (Å²) in [6.45, 7) is -0.243. The minimum absolute atomic E-state index is 0.0453. The zero-order chi connectivity index (χ0) is 15.2. The number of carbonyl (C=O) groups excluding carboxylic acids is 1. The predicted octanol–water partition coefficient (Wildman–Crippen LogP) is 2.81. The highest BCUT2D eigenvalue weighted by Crippen LogP contribution is 2.19. The molecule has 0 spiro atoms. The van der Waals surface area contributed by atoms with Crippen LogP contribution in [-0.4, -0.2) is 23.7 Å². The molecule has 2 rings (SSSR count). The fraction of sp³-hybridized carbons (Fsp3) is 0.188. The van der Waals surface area contributed by atoms with Crippen molar-refractivity contribution in [3.63, 3.8) is 0 Å². The number of rotatable bonds is 5. The molecule has 21 heavy (non-hydrogen) atoms. The van der Waals surface area contributed by atoms with Crippen molar-refractivity contribution in [1.82, 2.24) is 5.32 Å². The van der Waals surface area contributed by atoms with Gasteiger partial charge in [0.05, 0.1) is 23.2 Å². The zero-order valence-corrected chi connectivity index (χ0v) is 12.0. The van der Waals surface area contributed by atoms with Crippen molar-refractivity contribution in [2.24, 2.45) is 0 Å². The highest BCUT2D eigenvalue weighted by Gasteiger charge is 2.19. The fourth-order valence-electron chi connectivity index (χ4n) is 2.03. The van der Waals surface area contributed by atoms with Crippen molar-refractivity contribution in [2.45, 2.75) is 12.5 Å². The number of aliphatic hydroxyl groups excluding tert-OH is 1. The molecular weight excluding hydrogens is 293 g/mol. The lowest BCUT2D eigenvalue weighted by molar-refractivity contribution is 0.0912. The molecule has 0 aromatic heterocycles.